The molecule has 8 heteroatoms. The molecular formula is C31H29BrN2O5. The SMILES string of the molecule is Cc1cc(NC(=O)COC(=O)CCCC(=O)Nc2ccc(Oc3ccc4ccccc4c3)cc2)cc(C)c1Br. The highest BCUT2D eigenvalue weighted by Crippen LogP contribution is 2.27. The maximum Gasteiger partial charge on any atom is 0.306 e. The summed E-state index contributed by atoms with van der Waals surface area (Å²) >= 11 is 3.49. The first-order chi connectivity index (χ1) is 18.8. The molecule has 2 amide bonds. The molecule has 0 aromatic heterocycles. The van der Waals surface area contributed by atoms with Gasteiger partial charge in [0.15, 0.2) is 6.61 Å². The molecule has 0 fully saturated rings. The van der Waals surface area contributed by atoms with Crippen LogP contribution in [0.4, 0.5) is 11.4 Å². The van der Waals surface area contributed by atoms with Gasteiger partial charge in [-0.3, -0.25) is 14.4 Å². The first kappa shape index (κ1) is 27.9. The van der Waals surface area contributed by atoms with Crippen molar-refractivity contribution in [2.45, 2.75) is 33.1 Å². The van der Waals surface area contributed by atoms with Gasteiger partial charge in [-0.15, -0.1) is 0 Å². The quantitative estimate of drug-likeness (QED) is 0.189. The maximum absolute atomic E-state index is 12.3. The van der Waals surface area contributed by atoms with E-state index in [1.807, 2.05) is 68.4 Å². The van der Waals surface area contributed by atoms with Gasteiger partial charge in [0, 0.05) is 28.7 Å². The van der Waals surface area contributed by atoms with Crippen LogP contribution in [0, 0.1) is 13.8 Å². The smallest absolute Gasteiger partial charge is 0.306 e. The normalized spacial score (nSPS) is 10.6. The first-order valence-electron chi connectivity index (χ1n) is 12.6. The van der Waals surface area contributed by atoms with Crippen molar-refractivity contribution in [1.82, 2.24) is 0 Å². The Hall–Kier alpha value is -4.17. The topological polar surface area (TPSA) is 93.7 Å². The molecule has 0 aliphatic heterocycles. The van der Waals surface area contributed by atoms with Crippen LogP contribution in [-0.4, -0.2) is 24.4 Å². The average molecular weight is 589 g/mol. The predicted octanol–water partition coefficient (Wildman–Crippen LogP) is 7.30. The monoisotopic (exact) mass is 588 g/mol. The van der Waals surface area contributed by atoms with Gasteiger partial charge in [-0.25, -0.2) is 0 Å². The average Bonchev–Trinajstić information content (AvgIpc) is 2.91. The standard InChI is InChI=1S/C31H29BrN2O5/c1-20-16-25(17-21(2)31(20)32)34-29(36)19-38-30(37)9-5-8-28(35)33-24-11-14-26(15-12-24)39-27-13-10-22-6-3-4-7-23(22)18-27/h3-4,6-7,10-18H,5,8-9,19H2,1-2H3,(H,33,35)(H,34,36). The van der Waals surface area contributed by atoms with E-state index in [-0.39, 0.29) is 25.4 Å². The van der Waals surface area contributed by atoms with Gasteiger partial charge >= 0.3 is 5.97 Å². The van der Waals surface area contributed by atoms with Crippen molar-refractivity contribution in [3.8, 4) is 11.5 Å². The van der Waals surface area contributed by atoms with Crippen LogP contribution < -0.4 is 15.4 Å². The van der Waals surface area contributed by atoms with Crippen molar-refractivity contribution in [2.75, 3.05) is 17.2 Å². The summed E-state index contributed by atoms with van der Waals surface area (Å²) < 4.78 is 12.0. The van der Waals surface area contributed by atoms with Gasteiger partial charge < -0.3 is 20.1 Å². The molecule has 0 spiro atoms. The van der Waals surface area contributed by atoms with Crippen LogP contribution in [0.3, 0.4) is 0 Å². The van der Waals surface area contributed by atoms with Crippen molar-refractivity contribution >= 4 is 55.9 Å². The van der Waals surface area contributed by atoms with Crippen molar-refractivity contribution in [2.24, 2.45) is 0 Å². The molecule has 7 nitrogen and oxygen atoms in total. The molecule has 0 unspecified atom stereocenters. The van der Waals surface area contributed by atoms with E-state index in [4.69, 9.17) is 9.47 Å². The van der Waals surface area contributed by atoms with Crippen LogP contribution in [0.1, 0.15) is 30.4 Å². The third kappa shape index (κ3) is 8.15. The zero-order chi connectivity index (χ0) is 27.8. The van der Waals surface area contributed by atoms with E-state index in [0.29, 0.717) is 23.5 Å². The summed E-state index contributed by atoms with van der Waals surface area (Å²) in [6.45, 7) is 3.48. The molecule has 0 radical (unpaired) electrons. The molecule has 0 bridgehead atoms. The van der Waals surface area contributed by atoms with Crippen molar-refractivity contribution < 1.29 is 23.9 Å². The summed E-state index contributed by atoms with van der Waals surface area (Å²) in [5, 5.41) is 7.77. The molecule has 4 aromatic rings. The van der Waals surface area contributed by atoms with E-state index in [0.717, 1.165) is 32.1 Å². The number of fused-ring (bicyclic) bond motifs is 1. The van der Waals surface area contributed by atoms with E-state index >= 15 is 0 Å². The number of anilines is 2. The number of esters is 1. The van der Waals surface area contributed by atoms with Gasteiger partial charge in [0.2, 0.25) is 5.91 Å². The van der Waals surface area contributed by atoms with Crippen molar-refractivity contribution in [3.05, 3.63) is 94.5 Å². The fourth-order valence-electron chi connectivity index (χ4n) is 4.02. The molecule has 0 saturated heterocycles. The Labute approximate surface area is 235 Å². The van der Waals surface area contributed by atoms with Gasteiger partial charge in [-0.05, 0) is 90.7 Å². The Morgan fingerprint density at radius 1 is 0.718 bits per heavy atom. The summed E-state index contributed by atoms with van der Waals surface area (Å²) in [6.07, 6.45) is 0.490. The number of halogens is 1. The number of nitrogens with one attached hydrogen (secondary N) is 2. The minimum Gasteiger partial charge on any atom is -0.457 e. The summed E-state index contributed by atoms with van der Waals surface area (Å²) in [5.74, 6) is 0.213. The Bertz CT molecular complexity index is 1480. The van der Waals surface area contributed by atoms with Gasteiger partial charge in [0.1, 0.15) is 11.5 Å². The molecule has 4 aromatic carbocycles. The highest BCUT2D eigenvalue weighted by atomic mass is 79.9. The molecular weight excluding hydrogens is 560 g/mol. The maximum atomic E-state index is 12.3. The Balaban J connectivity index is 1.15. The summed E-state index contributed by atoms with van der Waals surface area (Å²) in [4.78, 5) is 36.4. The highest BCUT2D eigenvalue weighted by molar-refractivity contribution is 9.10. The second-order valence-corrected chi connectivity index (χ2v) is 9.96. The first-order valence-corrected chi connectivity index (χ1v) is 13.3. The molecule has 2 N–H and O–H groups in total. The largest absolute Gasteiger partial charge is 0.457 e. The molecule has 0 aliphatic rings. The van der Waals surface area contributed by atoms with E-state index in [1.54, 1.807) is 24.3 Å². The fourth-order valence-corrected chi connectivity index (χ4v) is 4.25. The lowest BCUT2D eigenvalue weighted by Crippen LogP contribution is -2.21. The lowest BCUT2D eigenvalue weighted by Gasteiger charge is -2.10. The number of amides is 2. The van der Waals surface area contributed by atoms with E-state index < -0.39 is 11.9 Å². The van der Waals surface area contributed by atoms with Gasteiger partial charge in [0.05, 0.1) is 0 Å². The lowest BCUT2D eigenvalue weighted by atomic mass is 10.1. The van der Waals surface area contributed by atoms with E-state index in [9.17, 15) is 14.4 Å². The third-order valence-corrected chi connectivity index (χ3v) is 7.21. The zero-order valence-corrected chi connectivity index (χ0v) is 23.3. The number of carbonyl (C=O) groups is 3. The molecule has 0 heterocycles. The van der Waals surface area contributed by atoms with Gasteiger partial charge in [0.25, 0.3) is 5.91 Å². The number of aryl methyl sites for hydroxylation is 2. The van der Waals surface area contributed by atoms with E-state index in [2.05, 4.69) is 26.6 Å². The lowest BCUT2D eigenvalue weighted by molar-refractivity contribution is -0.147. The zero-order valence-electron chi connectivity index (χ0n) is 21.8. The molecule has 200 valence electrons. The summed E-state index contributed by atoms with van der Waals surface area (Å²) in [5.41, 5.74) is 3.25. The molecule has 39 heavy (non-hydrogen) atoms. The number of benzene rings is 4. The number of hydrogen-bond donors (Lipinski definition) is 2. The minimum absolute atomic E-state index is 0.0374. The molecule has 4 rings (SSSR count). The van der Waals surface area contributed by atoms with Crippen LogP contribution in [0.5, 0.6) is 11.5 Å². The number of hydrogen-bond acceptors (Lipinski definition) is 5. The highest BCUT2D eigenvalue weighted by Gasteiger charge is 2.11. The van der Waals surface area contributed by atoms with Crippen LogP contribution in [0.15, 0.2) is 83.3 Å². The minimum atomic E-state index is -0.531. The van der Waals surface area contributed by atoms with Gasteiger partial charge in [-0.1, -0.05) is 46.3 Å². The second-order valence-electron chi connectivity index (χ2n) is 9.17. The summed E-state index contributed by atoms with van der Waals surface area (Å²) in [7, 11) is 0. The molecule has 0 aliphatic carbocycles. The Morgan fingerprint density at radius 2 is 1.36 bits per heavy atom. The third-order valence-electron chi connectivity index (χ3n) is 5.96. The van der Waals surface area contributed by atoms with Gasteiger partial charge in [-0.2, -0.15) is 0 Å². The second kappa shape index (κ2) is 13.1. The molecule has 0 atom stereocenters. The predicted molar refractivity (Wildman–Crippen MR) is 156 cm³/mol. The van der Waals surface area contributed by atoms with Crippen LogP contribution in [0.2, 0.25) is 0 Å². The van der Waals surface area contributed by atoms with Crippen molar-refractivity contribution in [1.29, 1.82) is 0 Å². The molecule has 0 saturated carbocycles. The van der Waals surface area contributed by atoms with Crippen LogP contribution in [-0.2, 0) is 19.1 Å². The number of ether oxygens (including phenoxy) is 2. The Morgan fingerprint density at radius 3 is 2.08 bits per heavy atom. The fraction of sp³-hybridized carbons (Fsp3) is 0.194. The van der Waals surface area contributed by atoms with E-state index in [1.165, 1.54) is 0 Å². The van der Waals surface area contributed by atoms with Crippen LogP contribution in [0.25, 0.3) is 10.8 Å². The number of carbonyl (C=O) groups excluding carboxylic acids is 3. The van der Waals surface area contributed by atoms with Crippen molar-refractivity contribution in [3.63, 3.8) is 0 Å². The summed E-state index contributed by atoms with van der Waals surface area (Å²) in [6, 6.07) is 24.7. The number of rotatable bonds is 10. The Kier molecular flexibility index (Phi) is 9.33. The van der Waals surface area contributed by atoms with Crippen LogP contribution >= 0.6 is 15.9 Å².